The smallest absolute Gasteiger partial charge is 0.237 e. The molecule has 2 aliphatic heterocycles. The van der Waals surface area contributed by atoms with Crippen LogP contribution >= 0.6 is 0 Å². The Balaban J connectivity index is 1.57. The van der Waals surface area contributed by atoms with Crippen LogP contribution in [0, 0.1) is 17.2 Å². The highest BCUT2D eigenvalue weighted by atomic mass is 16.2. The van der Waals surface area contributed by atoms with Crippen LogP contribution in [0.5, 0.6) is 0 Å². The Bertz CT molecular complexity index is 851. The number of hydrogen-bond donors (Lipinski definition) is 1. The van der Waals surface area contributed by atoms with Gasteiger partial charge < -0.3 is 10.2 Å². The predicted octanol–water partition coefficient (Wildman–Crippen LogP) is 1.79. The van der Waals surface area contributed by atoms with Gasteiger partial charge in [0.25, 0.3) is 0 Å². The van der Waals surface area contributed by atoms with Crippen molar-refractivity contribution in [3.63, 3.8) is 0 Å². The number of benzene rings is 1. The summed E-state index contributed by atoms with van der Waals surface area (Å²) in [5.41, 5.74) is 2.26. The van der Waals surface area contributed by atoms with Crippen molar-refractivity contribution in [2.45, 2.75) is 25.3 Å². The summed E-state index contributed by atoms with van der Waals surface area (Å²) in [4.78, 5) is 15.0. The molecule has 128 valence electrons. The van der Waals surface area contributed by atoms with E-state index in [2.05, 4.69) is 28.3 Å². The number of likely N-dealkylation sites (tertiary alicyclic amines) is 1. The van der Waals surface area contributed by atoms with Crippen LogP contribution in [0.1, 0.15) is 18.2 Å². The summed E-state index contributed by atoms with van der Waals surface area (Å²) < 4.78 is 1.99. The van der Waals surface area contributed by atoms with Crippen molar-refractivity contribution >= 4 is 11.6 Å². The second-order valence-corrected chi connectivity index (χ2v) is 6.78. The van der Waals surface area contributed by atoms with Gasteiger partial charge in [0.15, 0.2) is 0 Å². The fourth-order valence-electron chi connectivity index (χ4n) is 4.23. The van der Waals surface area contributed by atoms with Crippen molar-refractivity contribution < 1.29 is 4.79 Å². The number of aromatic nitrogens is 2. The maximum Gasteiger partial charge on any atom is 0.237 e. The van der Waals surface area contributed by atoms with Gasteiger partial charge in [0, 0.05) is 50.2 Å². The summed E-state index contributed by atoms with van der Waals surface area (Å²) in [5.74, 6) is -0.367. The van der Waals surface area contributed by atoms with Gasteiger partial charge in [-0.3, -0.25) is 9.48 Å². The Kier molecular flexibility index (Phi) is 3.81. The molecular weight excluding hydrogens is 314 g/mol. The summed E-state index contributed by atoms with van der Waals surface area (Å²) in [6, 6.07) is 12.2. The molecular formula is C19H21N5O. The lowest BCUT2D eigenvalue weighted by molar-refractivity contribution is -0.121. The number of nitriles is 1. The number of anilines is 1. The van der Waals surface area contributed by atoms with Crippen LogP contribution < -0.4 is 5.32 Å². The van der Waals surface area contributed by atoms with E-state index in [9.17, 15) is 10.1 Å². The second kappa shape index (κ2) is 6.01. The minimum atomic E-state index is -0.740. The van der Waals surface area contributed by atoms with Crippen molar-refractivity contribution in [1.29, 1.82) is 5.26 Å². The molecule has 1 spiro atoms. The fourth-order valence-corrected chi connectivity index (χ4v) is 4.23. The molecule has 3 heterocycles. The third kappa shape index (κ3) is 2.35. The van der Waals surface area contributed by atoms with Crippen molar-refractivity contribution in [3.8, 4) is 6.07 Å². The molecule has 0 unspecified atom stereocenters. The van der Waals surface area contributed by atoms with Gasteiger partial charge in [0.1, 0.15) is 5.41 Å². The molecule has 0 saturated carbocycles. The topological polar surface area (TPSA) is 74.0 Å². The molecule has 25 heavy (non-hydrogen) atoms. The molecule has 4 rings (SSSR count). The van der Waals surface area contributed by atoms with Gasteiger partial charge in [0.05, 0.1) is 12.0 Å². The minimum Gasteiger partial charge on any atom is -0.325 e. The average molecular weight is 335 g/mol. The van der Waals surface area contributed by atoms with Crippen LogP contribution in [0.25, 0.3) is 0 Å². The quantitative estimate of drug-likeness (QED) is 0.924. The van der Waals surface area contributed by atoms with Crippen LogP contribution in [0.3, 0.4) is 0 Å². The Morgan fingerprint density at radius 2 is 2.24 bits per heavy atom. The number of rotatable bonds is 4. The van der Waals surface area contributed by atoms with Gasteiger partial charge in [-0.25, -0.2) is 0 Å². The largest absolute Gasteiger partial charge is 0.325 e. The SMILES string of the molecule is CCn1nccc1CCN1C[C@H](C#N)[C@@]2(C1)C(=O)Nc1ccccc12. The Morgan fingerprint density at radius 3 is 3.04 bits per heavy atom. The van der Waals surface area contributed by atoms with E-state index < -0.39 is 5.41 Å². The molecule has 0 radical (unpaired) electrons. The van der Waals surface area contributed by atoms with Crippen LogP contribution in [0.4, 0.5) is 5.69 Å². The van der Waals surface area contributed by atoms with Crippen LogP contribution in [-0.2, 0) is 23.2 Å². The Morgan fingerprint density at radius 1 is 1.40 bits per heavy atom. The second-order valence-electron chi connectivity index (χ2n) is 6.78. The molecule has 0 aliphatic carbocycles. The van der Waals surface area contributed by atoms with Crippen molar-refractivity contribution in [3.05, 3.63) is 47.8 Å². The zero-order chi connectivity index (χ0) is 17.4. The maximum atomic E-state index is 12.8. The fraction of sp³-hybridized carbons (Fsp3) is 0.421. The van der Waals surface area contributed by atoms with Gasteiger partial charge in [-0.1, -0.05) is 18.2 Å². The third-order valence-electron chi connectivity index (χ3n) is 5.51. The first-order valence-corrected chi connectivity index (χ1v) is 8.72. The molecule has 2 aromatic rings. The lowest BCUT2D eigenvalue weighted by atomic mass is 9.74. The first-order chi connectivity index (χ1) is 12.2. The third-order valence-corrected chi connectivity index (χ3v) is 5.51. The molecule has 6 heteroatoms. The van der Waals surface area contributed by atoms with Gasteiger partial charge >= 0.3 is 0 Å². The molecule has 2 aliphatic rings. The number of para-hydroxylation sites is 1. The summed E-state index contributed by atoms with van der Waals surface area (Å²) in [7, 11) is 0. The molecule has 1 saturated heterocycles. The maximum absolute atomic E-state index is 12.8. The Labute approximate surface area is 147 Å². The van der Waals surface area contributed by atoms with Crippen molar-refractivity contribution in [2.75, 3.05) is 25.0 Å². The zero-order valence-electron chi connectivity index (χ0n) is 14.3. The average Bonchev–Trinajstić information content (AvgIpc) is 3.31. The minimum absolute atomic E-state index is 0.0404. The summed E-state index contributed by atoms with van der Waals surface area (Å²) in [5, 5.41) is 17.0. The van der Waals surface area contributed by atoms with Crippen molar-refractivity contribution in [1.82, 2.24) is 14.7 Å². The monoisotopic (exact) mass is 335 g/mol. The number of aryl methyl sites for hydroxylation is 1. The number of fused-ring (bicyclic) bond motifs is 2. The van der Waals surface area contributed by atoms with Gasteiger partial charge in [-0.05, 0) is 24.6 Å². The van der Waals surface area contributed by atoms with Gasteiger partial charge in [-0.15, -0.1) is 0 Å². The van der Waals surface area contributed by atoms with E-state index in [4.69, 9.17) is 0 Å². The lowest BCUT2D eigenvalue weighted by Crippen LogP contribution is -2.42. The van der Waals surface area contributed by atoms with E-state index in [-0.39, 0.29) is 11.8 Å². The van der Waals surface area contributed by atoms with Crippen LogP contribution in [-0.4, -0.2) is 40.2 Å². The summed E-state index contributed by atoms with van der Waals surface area (Å²) >= 11 is 0. The summed E-state index contributed by atoms with van der Waals surface area (Å²) in [6.45, 7) is 4.96. The number of nitrogens with zero attached hydrogens (tertiary/aromatic N) is 4. The molecule has 1 amide bonds. The molecule has 0 bridgehead atoms. The predicted molar refractivity (Wildman–Crippen MR) is 93.9 cm³/mol. The molecule has 1 fully saturated rings. The summed E-state index contributed by atoms with van der Waals surface area (Å²) in [6.07, 6.45) is 2.69. The first kappa shape index (κ1) is 15.9. The molecule has 1 aromatic carbocycles. The lowest BCUT2D eigenvalue weighted by Gasteiger charge is -2.24. The van der Waals surface area contributed by atoms with Crippen LogP contribution in [0.2, 0.25) is 0 Å². The molecule has 2 atom stereocenters. The number of carbonyl (C=O) groups excluding carboxylic acids is 1. The van der Waals surface area contributed by atoms with Crippen molar-refractivity contribution in [2.24, 2.45) is 5.92 Å². The zero-order valence-corrected chi connectivity index (χ0v) is 14.3. The first-order valence-electron chi connectivity index (χ1n) is 8.72. The molecule has 6 nitrogen and oxygen atoms in total. The highest BCUT2D eigenvalue weighted by Gasteiger charge is 2.57. The van der Waals surface area contributed by atoms with E-state index in [0.29, 0.717) is 13.1 Å². The van der Waals surface area contributed by atoms with E-state index in [0.717, 1.165) is 30.8 Å². The number of amides is 1. The van der Waals surface area contributed by atoms with Gasteiger partial charge in [0.2, 0.25) is 5.91 Å². The van der Waals surface area contributed by atoms with Gasteiger partial charge in [-0.2, -0.15) is 10.4 Å². The highest BCUT2D eigenvalue weighted by Crippen LogP contribution is 2.47. The van der Waals surface area contributed by atoms with Crippen LogP contribution in [0.15, 0.2) is 36.5 Å². The number of hydrogen-bond acceptors (Lipinski definition) is 4. The standard InChI is InChI=1S/C19H21N5O/c1-2-24-15(7-9-21-24)8-10-23-12-14(11-20)19(13-23)16-5-3-4-6-17(16)22-18(19)25/h3-7,9,14H,2,8,10,12-13H2,1H3,(H,22,25)/t14-,19+/m0/s1. The number of nitrogens with one attached hydrogen (secondary N) is 1. The van der Waals surface area contributed by atoms with E-state index in [1.807, 2.05) is 41.2 Å². The number of carbonyl (C=O) groups is 1. The normalized spacial score (nSPS) is 25.1. The van der Waals surface area contributed by atoms with E-state index in [1.165, 1.54) is 5.69 Å². The molecule has 1 aromatic heterocycles. The highest BCUT2D eigenvalue weighted by molar-refractivity contribution is 6.07. The Hall–Kier alpha value is -2.65. The van der Waals surface area contributed by atoms with E-state index in [1.54, 1.807) is 0 Å². The molecule has 1 N–H and O–H groups in total. The van der Waals surface area contributed by atoms with E-state index >= 15 is 0 Å².